The topological polar surface area (TPSA) is 9.23 Å². The average Bonchev–Trinajstić information content (AvgIpc) is 2.53. The van der Waals surface area contributed by atoms with Crippen molar-refractivity contribution < 1.29 is 4.74 Å². The van der Waals surface area contributed by atoms with E-state index in [2.05, 4.69) is 43.0 Å². The van der Waals surface area contributed by atoms with E-state index in [-0.39, 0.29) is 0 Å². The van der Waals surface area contributed by atoms with Crippen LogP contribution in [0.4, 0.5) is 0 Å². The number of hydrogen-bond acceptors (Lipinski definition) is 1. The Morgan fingerprint density at radius 2 is 1.85 bits per heavy atom. The predicted octanol–water partition coefficient (Wildman–Crippen LogP) is 5.33. The van der Waals surface area contributed by atoms with E-state index in [4.69, 9.17) is 4.74 Å². The Balaban J connectivity index is 1.86. The standard InChI is InChI=1S/C19H22O/c1-2-15-12-13-16-8-6-7-11-18(16)19(15)14-20-17-9-4-3-5-10-17/h2,6-8,11-13,17H,1,3-5,9-10,14H2. The van der Waals surface area contributed by atoms with Crippen molar-refractivity contribution in [1.82, 2.24) is 0 Å². The Bertz CT molecular complexity index is 594. The van der Waals surface area contributed by atoms with Gasteiger partial charge in [-0.1, -0.05) is 68.3 Å². The van der Waals surface area contributed by atoms with Crippen molar-refractivity contribution in [3.8, 4) is 0 Å². The lowest BCUT2D eigenvalue weighted by Gasteiger charge is -2.23. The molecule has 0 bridgehead atoms. The maximum atomic E-state index is 6.17. The van der Waals surface area contributed by atoms with Gasteiger partial charge in [-0.2, -0.15) is 0 Å². The molecule has 1 aliphatic carbocycles. The first-order valence-electron chi connectivity index (χ1n) is 7.63. The van der Waals surface area contributed by atoms with Crippen molar-refractivity contribution in [3.05, 3.63) is 54.1 Å². The number of fused-ring (bicyclic) bond motifs is 1. The molecule has 0 amide bonds. The lowest BCUT2D eigenvalue weighted by molar-refractivity contribution is 0.0173. The first-order chi connectivity index (χ1) is 9.88. The van der Waals surface area contributed by atoms with Gasteiger partial charge in [-0.25, -0.2) is 0 Å². The molecule has 0 radical (unpaired) electrons. The van der Waals surface area contributed by atoms with Crippen LogP contribution in [0.2, 0.25) is 0 Å². The molecule has 2 aromatic carbocycles. The third-order valence-corrected chi connectivity index (χ3v) is 4.31. The molecular formula is C19H22O. The fourth-order valence-electron chi connectivity index (χ4n) is 3.14. The van der Waals surface area contributed by atoms with Crippen LogP contribution in [-0.2, 0) is 11.3 Å². The molecule has 1 aliphatic rings. The Labute approximate surface area is 121 Å². The molecule has 0 atom stereocenters. The molecule has 1 heteroatoms. The molecule has 0 unspecified atom stereocenters. The number of rotatable bonds is 4. The predicted molar refractivity (Wildman–Crippen MR) is 85.7 cm³/mol. The van der Waals surface area contributed by atoms with Gasteiger partial charge < -0.3 is 4.74 Å². The van der Waals surface area contributed by atoms with E-state index in [1.165, 1.54) is 54.0 Å². The number of hydrogen-bond donors (Lipinski definition) is 0. The molecule has 0 spiro atoms. The molecule has 20 heavy (non-hydrogen) atoms. The fraction of sp³-hybridized carbons (Fsp3) is 0.368. The summed E-state index contributed by atoms with van der Waals surface area (Å²) in [4.78, 5) is 0. The summed E-state index contributed by atoms with van der Waals surface area (Å²) in [5.41, 5.74) is 2.48. The van der Waals surface area contributed by atoms with Crippen LogP contribution in [0.15, 0.2) is 43.0 Å². The zero-order valence-electron chi connectivity index (χ0n) is 12.0. The fourth-order valence-corrected chi connectivity index (χ4v) is 3.14. The monoisotopic (exact) mass is 266 g/mol. The molecule has 3 rings (SSSR count). The van der Waals surface area contributed by atoms with E-state index >= 15 is 0 Å². The largest absolute Gasteiger partial charge is 0.373 e. The molecule has 0 heterocycles. The van der Waals surface area contributed by atoms with E-state index in [9.17, 15) is 0 Å². The third-order valence-electron chi connectivity index (χ3n) is 4.31. The van der Waals surface area contributed by atoms with E-state index < -0.39 is 0 Å². The highest BCUT2D eigenvalue weighted by Crippen LogP contribution is 2.27. The summed E-state index contributed by atoms with van der Waals surface area (Å²) in [5, 5.41) is 2.57. The minimum atomic E-state index is 0.445. The first kappa shape index (κ1) is 13.4. The lowest BCUT2D eigenvalue weighted by atomic mass is 9.97. The summed E-state index contributed by atoms with van der Waals surface area (Å²) < 4.78 is 6.17. The van der Waals surface area contributed by atoms with Gasteiger partial charge in [-0.05, 0) is 34.7 Å². The van der Waals surface area contributed by atoms with E-state index in [1.807, 2.05) is 6.08 Å². The summed E-state index contributed by atoms with van der Waals surface area (Å²) in [6.45, 7) is 4.64. The zero-order chi connectivity index (χ0) is 13.8. The van der Waals surface area contributed by atoms with Gasteiger partial charge in [0.05, 0.1) is 12.7 Å². The van der Waals surface area contributed by atoms with Crippen LogP contribution in [0.3, 0.4) is 0 Å². The quantitative estimate of drug-likeness (QED) is 0.726. The number of benzene rings is 2. The molecule has 1 nitrogen and oxygen atoms in total. The summed E-state index contributed by atoms with van der Waals surface area (Å²) >= 11 is 0. The number of ether oxygens (including phenoxy) is 1. The highest BCUT2D eigenvalue weighted by Gasteiger charge is 2.15. The molecular weight excluding hydrogens is 244 g/mol. The second-order valence-electron chi connectivity index (χ2n) is 5.63. The average molecular weight is 266 g/mol. The van der Waals surface area contributed by atoms with Gasteiger partial charge in [-0.3, -0.25) is 0 Å². The van der Waals surface area contributed by atoms with Crippen molar-refractivity contribution in [2.75, 3.05) is 0 Å². The van der Waals surface area contributed by atoms with Gasteiger partial charge in [0, 0.05) is 0 Å². The summed E-state index contributed by atoms with van der Waals surface area (Å²) in [5.74, 6) is 0. The molecule has 1 fully saturated rings. The molecule has 1 saturated carbocycles. The van der Waals surface area contributed by atoms with Crippen LogP contribution in [0.25, 0.3) is 16.8 Å². The summed E-state index contributed by atoms with van der Waals surface area (Å²) in [6.07, 6.45) is 8.81. The van der Waals surface area contributed by atoms with Crippen molar-refractivity contribution in [1.29, 1.82) is 0 Å². The van der Waals surface area contributed by atoms with Crippen LogP contribution in [-0.4, -0.2) is 6.10 Å². The van der Waals surface area contributed by atoms with Crippen LogP contribution >= 0.6 is 0 Å². The second-order valence-corrected chi connectivity index (χ2v) is 5.63. The van der Waals surface area contributed by atoms with Crippen molar-refractivity contribution in [2.24, 2.45) is 0 Å². The molecule has 2 aromatic rings. The Morgan fingerprint density at radius 3 is 2.65 bits per heavy atom. The molecule has 0 aliphatic heterocycles. The maximum absolute atomic E-state index is 6.17. The van der Waals surface area contributed by atoms with Crippen molar-refractivity contribution in [2.45, 2.75) is 44.8 Å². The Morgan fingerprint density at radius 1 is 1.05 bits per heavy atom. The van der Waals surface area contributed by atoms with Gasteiger partial charge in [0.25, 0.3) is 0 Å². The summed E-state index contributed by atoms with van der Waals surface area (Å²) in [7, 11) is 0. The smallest absolute Gasteiger partial charge is 0.0732 e. The highest BCUT2D eigenvalue weighted by atomic mass is 16.5. The Hall–Kier alpha value is -1.60. The van der Waals surface area contributed by atoms with Crippen molar-refractivity contribution in [3.63, 3.8) is 0 Å². The van der Waals surface area contributed by atoms with Gasteiger partial charge in [0.2, 0.25) is 0 Å². The van der Waals surface area contributed by atoms with E-state index in [0.29, 0.717) is 12.7 Å². The normalized spacial score (nSPS) is 16.4. The molecule has 0 saturated heterocycles. The minimum Gasteiger partial charge on any atom is -0.373 e. The maximum Gasteiger partial charge on any atom is 0.0732 e. The van der Waals surface area contributed by atoms with Gasteiger partial charge >= 0.3 is 0 Å². The molecule has 104 valence electrons. The van der Waals surface area contributed by atoms with Gasteiger partial charge in [0.15, 0.2) is 0 Å². The van der Waals surface area contributed by atoms with Crippen LogP contribution < -0.4 is 0 Å². The molecule has 0 N–H and O–H groups in total. The van der Waals surface area contributed by atoms with Crippen molar-refractivity contribution >= 4 is 16.8 Å². The summed E-state index contributed by atoms with van der Waals surface area (Å²) in [6, 6.07) is 12.8. The Kier molecular flexibility index (Phi) is 4.17. The van der Waals surface area contributed by atoms with Gasteiger partial charge in [0.1, 0.15) is 0 Å². The lowest BCUT2D eigenvalue weighted by Crippen LogP contribution is -2.16. The van der Waals surface area contributed by atoms with E-state index in [0.717, 1.165) is 0 Å². The first-order valence-corrected chi connectivity index (χ1v) is 7.63. The third kappa shape index (κ3) is 2.78. The van der Waals surface area contributed by atoms with Crippen LogP contribution in [0, 0.1) is 0 Å². The minimum absolute atomic E-state index is 0.445. The SMILES string of the molecule is C=Cc1ccc2ccccc2c1COC1CCCCC1. The van der Waals surface area contributed by atoms with Gasteiger partial charge in [-0.15, -0.1) is 0 Å². The van der Waals surface area contributed by atoms with E-state index in [1.54, 1.807) is 0 Å². The van der Waals surface area contributed by atoms with Crippen LogP contribution in [0.1, 0.15) is 43.2 Å². The zero-order valence-corrected chi connectivity index (χ0v) is 12.0. The highest BCUT2D eigenvalue weighted by molar-refractivity contribution is 5.88. The molecule has 0 aromatic heterocycles. The second kappa shape index (κ2) is 6.23. The van der Waals surface area contributed by atoms with Crippen LogP contribution in [0.5, 0.6) is 0 Å².